The van der Waals surface area contributed by atoms with Gasteiger partial charge in [-0.15, -0.1) is 0 Å². The van der Waals surface area contributed by atoms with E-state index < -0.39 is 0 Å². The minimum Gasteiger partial charge on any atom is -0.463 e. The molecule has 0 saturated carbocycles. The maximum atomic E-state index is 10.4. The average molecular weight is 176 g/mol. The van der Waals surface area contributed by atoms with Crippen LogP contribution in [0, 0.1) is 0 Å². The van der Waals surface area contributed by atoms with E-state index >= 15 is 0 Å². The van der Waals surface area contributed by atoms with Crippen LogP contribution in [0.4, 0.5) is 0 Å². The molecule has 0 aliphatic heterocycles. The molecule has 4 nitrogen and oxygen atoms in total. The summed E-state index contributed by atoms with van der Waals surface area (Å²) in [6.07, 6.45) is 0. The molecule has 12 heavy (non-hydrogen) atoms. The maximum absolute atomic E-state index is 10.4. The molecule has 2 N–H and O–H groups in total. The van der Waals surface area contributed by atoms with Crippen molar-refractivity contribution in [2.75, 3.05) is 19.8 Å². The topological polar surface area (TPSA) is 66.8 Å². The summed E-state index contributed by atoms with van der Waals surface area (Å²) in [6.45, 7) is 6.96. The number of aliphatic hydroxyl groups excluding tert-OH is 2. The predicted octanol–water partition coefficient (Wildman–Crippen LogP) is 0.0966. The van der Waals surface area contributed by atoms with Crippen molar-refractivity contribution in [1.29, 1.82) is 0 Å². The Balaban J connectivity index is 0. The van der Waals surface area contributed by atoms with E-state index in [0.29, 0.717) is 12.2 Å². The lowest BCUT2D eigenvalue weighted by molar-refractivity contribution is -0.138. The quantitative estimate of drug-likeness (QED) is 0.472. The molecule has 0 aromatic rings. The van der Waals surface area contributed by atoms with Crippen LogP contribution in [0.2, 0.25) is 0 Å². The Labute approximate surface area is 72.5 Å². The van der Waals surface area contributed by atoms with Gasteiger partial charge >= 0.3 is 5.97 Å². The lowest BCUT2D eigenvalue weighted by Crippen LogP contribution is -2.03. The van der Waals surface area contributed by atoms with Gasteiger partial charge in [-0.3, -0.25) is 0 Å². The summed E-state index contributed by atoms with van der Waals surface area (Å²) in [5.41, 5.74) is 0.451. The van der Waals surface area contributed by atoms with E-state index in [1.807, 2.05) is 0 Å². The number of carbonyl (C=O) groups is 1. The molecule has 0 aliphatic rings. The summed E-state index contributed by atoms with van der Waals surface area (Å²) in [7, 11) is 0. The molecule has 0 unspecified atom stereocenters. The molecular formula is C8H16O4. The van der Waals surface area contributed by atoms with Crippen molar-refractivity contribution in [2.45, 2.75) is 13.8 Å². The Kier molecular flexibility index (Phi) is 11.6. The zero-order valence-electron chi connectivity index (χ0n) is 7.54. The second kappa shape index (κ2) is 10.1. The lowest BCUT2D eigenvalue weighted by atomic mass is 10.4. The van der Waals surface area contributed by atoms with Gasteiger partial charge in [-0.1, -0.05) is 6.58 Å². The minimum atomic E-state index is -0.312. The van der Waals surface area contributed by atoms with Crippen molar-refractivity contribution >= 4 is 5.97 Å². The molecule has 0 spiro atoms. The molecule has 0 atom stereocenters. The minimum absolute atomic E-state index is 0.125. The molecule has 0 radical (unpaired) electrons. The van der Waals surface area contributed by atoms with Gasteiger partial charge in [0.2, 0.25) is 0 Å². The fourth-order valence-corrected chi connectivity index (χ4v) is 0.254. The molecule has 0 aliphatic carbocycles. The third-order valence-electron chi connectivity index (χ3n) is 0.724. The highest BCUT2D eigenvalue weighted by Crippen LogP contribution is 1.89. The van der Waals surface area contributed by atoms with E-state index in [9.17, 15) is 4.79 Å². The normalized spacial score (nSPS) is 8.00. The Morgan fingerprint density at radius 1 is 1.42 bits per heavy atom. The molecule has 0 aromatic heterocycles. The smallest absolute Gasteiger partial charge is 0.333 e. The molecule has 0 saturated heterocycles. The van der Waals surface area contributed by atoms with Crippen molar-refractivity contribution in [3.8, 4) is 0 Å². The van der Waals surface area contributed by atoms with Gasteiger partial charge in [-0.2, -0.15) is 0 Å². The number of rotatable bonds is 3. The van der Waals surface area contributed by atoms with E-state index in [4.69, 9.17) is 10.2 Å². The molecule has 72 valence electrons. The van der Waals surface area contributed by atoms with Crippen molar-refractivity contribution in [3.05, 3.63) is 12.2 Å². The molecule has 0 amide bonds. The third-order valence-corrected chi connectivity index (χ3v) is 0.724. The zero-order valence-corrected chi connectivity index (χ0v) is 7.54. The third kappa shape index (κ3) is 11.9. The molecular weight excluding hydrogens is 160 g/mol. The van der Waals surface area contributed by atoms with Crippen LogP contribution in [0.1, 0.15) is 13.8 Å². The van der Waals surface area contributed by atoms with Crippen LogP contribution < -0.4 is 0 Å². The fraction of sp³-hybridized carbons (Fsp3) is 0.625. The highest BCUT2D eigenvalue weighted by atomic mass is 16.5. The van der Waals surface area contributed by atoms with Crippen LogP contribution in [0.5, 0.6) is 0 Å². The summed E-state index contributed by atoms with van der Waals surface area (Å²) in [6, 6.07) is 0. The number of aliphatic hydroxyl groups is 2. The van der Waals surface area contributed by atoms with Crippen molar-refractivity contribution in [1.82, 2.24) is 0 Å². The van der Waals surface area contributed by atoms with E-state index in [1.54, 1.807) is 13.8 Å². The van der Waals surface area contributed by atoms with Gasteiger partial charge in [0.05, 0.1) is 19.8 Å². The van der Waals surface area contributed by atoms with Crippen LogP contribution in [-0.4, -0.2) is 36.0 Å². The summed E-state index contributed by atoms with van der Waals surface area (Å²) in [4.78, 5) is 10.4. The Hall–Kier alpha value is -0.870. The standard InChI is InChI=1S/C6H10O2.C2H6O2/c1-4-8-6(7)5(2)3;3-1-2-4/h2,4H2,1,3H3;3-4H,1-2H2. The van der Waals surface area contributed by atoms with Crippen LogP contribution in [0.3, 0.4) is 0 Å². The first kappa shape index (κ1) is 13.7. The van der Waals surface area contributed by atoms with E-state index in [-0.39, 0.29) is 19.2 Å². The fourth-order valence-electron chi connectivity index (χ4n) is 0.254. The van der Waals surface area contributed by atoms with Crippen molar-refractivity contribution in [3.63, 3.8) is 0 Å². The van der Waals surface area contributed by atoms with Gasteiger partial charge in [-0.25, -0.2) is 4.79 Å². The summed E-state index contributed by atoms with van der Waals surface area (Å²) in [5, 5.41) is 15.2. The lowest BCUT2D eigenvalue weighted by Gasteiger charge is -1.96. The first-order valence-electron chi connectivity index (χ1n) is 3.64. The van der Waals surface area contributed by atoms with Gasteiger partial charge in [0.1, 0.15) is 0 Å². The van der Waals surface area contributed by atoms with Crippen LogP contribution >= 0.6 is 0 Å². The second-order valence-electron chi connectivity index (χ2n) is 1.95. The second-order valence-corrected chi connectivity index (χ2v) is 1.95. The molecule has 0 fully saturated rings. The Bertz CT molecular complexity index is 129. The molecule has 0 heterocycles. The first-order chi connectivity index (χ1) is 5.59. The monoisotopic (exact) mass is 176 g/mol. The van der Waals surface area contributed by atoms with Crippen molar-refractivity contribution < 1.29 is 19.7 Å². The predicted molar refractivity (Wildman–Crippen MR) is 45.6 cm³/mol. The van der Waals surface area contributed by atoms with Gasteiger partial charge in [0.15, 0.2) is 0 Å². The molecule has 0 rings (SSSR count). The van der Waals surface area contributed by atoms with E-state index in [1.165, 1.54) is 0 Å². The first-order valence-corrected chi connectivity index (χ1v) is 3.64. The summed E-state index contributed by atoms with van der Waals surface area (Å²) < 4.78 is 4.56. The number of hydrogen-bond donors (Lipinski definition) is 2. The number of carbonyl (C=O) groups excluding carboxylic acids is 1. The number of esters is 1. The maximum Gasteiger partial charge on any atom is 0.333 e. The van der Waals surface area contributed by atoms with Crippen LogP contribution in [0.25, 0.3) is 0 Å². The average Bonchev–Trinajstić information content (AvgIpc) is 2.05. The number of ether oxygens (including phenoxy) is 1. The number of hydrogen-bond acceptors (Lipinski definition) is 4. The zero-order chi connectivity index (χ0) is 9.98. The van der Waals surface area contributed by atoms with Gasteiger partial charge in [0.25, 0.3) is 0 Å². The summed E-state index contributed by atoms with van der Waals surface area (Å²) in [5.74, 6) is -0.312. The molecule has 4 heteroatoms. The highest BCUT2D eigenvalue weighted by Gasteiger charge is 1.98. The Morgan fingerprint density at radius 2 is 1.83 bits per heavy atom. The largest absolute Gasteiger partial charge is 0.463 e. The van der Waals surface area contributed by atoms with Crippen LogP contribution in [-0.2, 0) is 9.53 Å². The van der Waals surface area contributed by atoms with Gasteiger partial charge < -0.3 is 14.9 Å². The van der Waals surface area contributed by atoms with E-state index in [2.05, 4.69) is 11.3 Å². The van der Waals surface area contributed by atoms with Gasteiger partial charge in [0, 0.05) is 5.57 Å². The van der Waals surface area contributed by atoms with E-state index in [0.717, 1.165) is 0 Å². The van der Waals surface area contributed by atoms with Crippen molar-refractivity contribution in [2.24, 2.45) is 0 Å². The summed E-state index contributed by atoms with van der Waals surface area (Å²) >= 11 is 0. The highest BCUT2D eigenvalue weighted by molar-refractivity contribution is 5.86. The SMILES string of the molecule is C=C(C)C(=O)OCC.OCCO. The molecule has 0 bridgehead atoms. The Morgan fingerprint density at radius 3 is 1.92 bits per heavy atom. The molecule has 0 aromatic carbocycles. The van der Waals surface area contributed by atoms with Crippen LogP contribution in [0.15, 0.2) is 12.2 Å². The van der Waals surface area contributed by atoms with Gasteiger partial charge in [-0.05, 0) is 13.8 Å².